The number of hydrogen-bond donors (Lipinski definition) is 1. The maximum absolute atomic E-state index is 3.80. The monoisotopic (exact) mass is 257 g/mol. The van der Waals surface area contributed by atoms with E-state index >= 15 is 0 Å². The number of nitrogens with one attached hydrogen (secondary N) is 1. The van der Waals surface area contributed by atoms with Gasteiger partial charge in [0, 0.05) is 12.6 Å². The van der Waals surface area contributed by atoms with Crippen molar-refractivity contribution >= 4 is 0 Å². The maximum atomic E-state index is 3.80. The largest absolute Gasteiger partial charge is 0.310 e. The molecule has 0 saturated heterocycles. The van der Waals surface area contributed by atoms with Crippen LogP contribution in [0.3, 0.4) is 0 Å². The summed E-state index contributed by atoms with van der Waals surface area (Å²) in [5.41, 5.74) is 4.67. The zero-order valence-electron chi connectivity index (χ0n) is 12.4. The van der Waals surface area contributed by atoms with Crippen molar-refractivity contribution in [3.63, 3.8) is 0 Å². The molecule has 0 aromatic heterocycles. The highest BCUT2D eigenvalue weighted by Crippen LogP contribution is 2.34. The fraction of sp³-hybridized carbons (Fsp3) is 0.667. The summed E-state index contributed by atoms with van der Waals surface area (Å²) in [7, 11) is 0. The minimum atomic E-state index is 0.734. The van der Waals surface area contributed by atoms with Crippen LogP contribution in [0.4, 0.5) is 0 Å². The van der Waals surface area contributed by atoms with E-state index in [4.69, 9.17) is 0 Å². The first kappa shape index (κ1) is 13.2. The minimum absolute atomic E-state index is 0.734. The van der Waals surface area contributed by atoms with Crippen molar-refractivity contribution in [2.24, 2.45) is 11.8 Å². The van der Waals surface area contributed by atoms with Crippen LogP contribution in [0.15, 0.2) is 18.2 Å². The van der Waals surface area contributed by atoms with Gasteiger partial charge in [-0.1, -0.05) is 38.5 Å². The molecule has 2 aliphatic rings. The van der Waals surface area contributed by atoms with E-state index in [1.165, 1.54) is 44.1 Å². The van der Waals surface area contributed by atoms with Gasteiger partial charge in [-0.3, -0.25) is 0 Å². The molecule has 1 fully saturated rings. The second kappa shape index (κ2) is 5.66. The van der Waals surface area contributed by atoms with Crippen LogP contribution in [0.1, 0.15) is 56.2 Å². The van der Waals surface area contributed by atoms with Crippen molar-refractivity contribution < 1.29 is 0 Å². The number of fused-ring (bicyclic) bond motifs is 1. The van der Waals surface area contributed by atoms with Crippen molar-refractivity contribution in [3.8, 4) is 0 Å². The lowest BCUT2D eigenvalue weighted by Gasteiger charge is -2.21. The molecular weight excluding hydrogens is 230 g/mol. The Labute approximate surface area is 117 Å². The first-order chi connectivity index (χ1) is 9.28. The standard InChI is InChI=1S/C18H27N/c1-3-15-9-10-18(13(15)2)19-12-14-7-8-16-5-4-6-17(16)11-14/h7-8,11,13,15,18-19H,3-6,9-10,12H2,1-2H3. The molecule has 1 heteroatoms. The molecule has 1 saturated carbocycles. The van der Waals surface area contributed by atoms with Gasteiger partial charge in [-0.2, -0.15) is 0 Å². The van der Waals surface area contributed by atoms with Crippen LogP contribution < -0.4 is 5.32 Å². The molecule has 0 radical (unpaired) electrons. The highest BCUT2D eigenvalue weighted by Gasteiger charge is 2.30. The normalized spacial score (nSPS) is 29.7. The molecule has 1 aromatic carbocycles. The fourth-order valence-electron chi connectivity index (χ4n) is 4.10. The summed E-state index contributed by atoms with van der Waals surface area (Å²) in [5, 5.41) is 3.80. The lowest BCUT2D eigenvalue weighted by molar-refractivity contribution is 0.344. The molecule has 0 spiro atoms. The van der Waals surface area contributed by atoms with Crippen LogP contribution in [0.5, 0.6) is 0 Å². The van der Waals surface area contributed by atoms with Gasteiger partial charge in [-0.15, -0.1) is 0 Å². The molecule has 3 unspecified atom stereocenters. The third kappa shape index (κ3) is 2.72. The molecule has 0 bridgehead atoms. The summed E-state index contributed by atoms with van der Waals surface area (Å²) in [6.45, 7) is 5.82. The number of aryl methyl sites for hydroxylation is 2. The van der Waals surface area contributed by atoms with Gasteiger partial charge in [0.2, 0.25) is 0 Å². The van der Waals surface area contributed by atoms with Crippen molar-refractivity contribution in [1.82, 2.24) is 5.32 Å². The highest BCUT2D eigenvalue weighted by atomic mass is 14.9. The Morgan fingerprint density at radius 2 is 2.00 bits per heavy atom. The van der Waals surface area contributed by atoms with Gasteiger partial charge < -0.3 is 5.32 Å². The SMILES string of the molecule is CCC1CCC(NCc2ccc3c(c2)CCC3)C1C. The lowest BCUT2D eigenvalue weighted by atomic mass is 9.93. The third-order valence-corrected chi connectivity index (χ3v) is 5.48. The molecule has 104 valence electrons. The molecule has 1 N–H and O–H groups in total. The van der Waals surface area contributed by atoms with Gasteiger partial charge in [-0.05, 0) is 60.6 Å². The molecule has 1 nitrogen and oxygen atoms in total. The van der Waals surface area contributed by atoms with Gasteiger partial charge in [0.15, 0.2) is 0 Å². The zero-order chi connectivity index (χ0) is 13.2. The van der Waals surface area contributed by atoms with Crippen LogP contribution in [0.2, 0.25) is 0 Å². The van der Waals surface area contributed by atoms with Gasteiger partial charge in [0.1, 0.15) is 0 Å². The van der Waals surface area contributed by atoms with Crippen molar-refractivity contribution in [1.29, 1.82) is 0 Å². The van der Waals surface area contributed by atoms with E-state index in [-0.39, 0.29) is 0 Å². The molecule has 3 rings (SSSR count). The molecular formula is C18H27N. The Bertz CT molecular complexity index is 437. The molecule has 1 aromatic rings. The number of hydrogen-bond acceptors (Lipinski definition) is 1. The first-order valence-corrected chi connectivity index (χ1v) is 8.12. The Morgan fingerprint density at radius 3 is 2.79 bits per heavy atom. The van der Waals surface area contributed by atoms with E-state index in [9.17, 15) is 0 Å². The molecule has 0 amide bonds. The number of benzene rings is 1. The van der Waals surface area contributed by atoms with E-state index in [2.05, 4.69) is 37.4 Å². The molecule has 0 heterocycles. The van der Waals surface area contributed by atoms with Gasteiger partial charge in [-0.25, -0.2) is 0 Å². The summed E-state index contributed by atoms with van der Waals surface area (Å²) in [5.74, 6) is 1.79. The van der Waals surface area contributed by atoms with E-state index in [1.54, 1.807) is 11.1 Å². The highest BCUT2D eigenvalue weighted by molar-refractivity contribution is 5.35. The lowest BCUT2D eigenvalue weighted by Crippen LogP contribution is -2.32. The third-order valence-electron chi connectivity index (χ3n) is 5.48. The predicted octanol–water partition coefficient (Wildman–Crippen LogP) is 4.09. The van der Waals surface area contributed by atoms with Crippen LogP contribution in [-0.4, -0.2) is 6.04 Å². The van der Waals surface area contributed by atoms with Crippen molar-refractivity contribution in [3.05, 3.63) is 34.9 Å². The fourth-order valence-corrected chi connectivity index (χ4v) is 4.10. The molecule has 3 atom stereocenters. The second-order valence-corrected chi connectivity index (χ2v) is 6.55. The summed E-state index contributed by atoms with van der Waals surface area (Å²) >= 11 is 0. The minimum Gasteiger partial charge on any atom is -0.310 e. The van der Waals surface area contributed by atoms with Gasteiger partial charge in [0.05, 0.1) is 0 Å². The summed E-state index contributed by atoms with van der Waals surface area (Å²) < 4.78 is 0. The molecule has 0 aliphatic heterocycles. The van der Waals surface area contributed by atoms with Crippen molar-refractivity contribution in [2.45, 2.75) is 65.0 Å². The first-order valence-electron chi connectivity index (χ1n) is 8.12. The Hall–Kier alpha value is -0.820. The number of rotatable bonds is 4. The Kier molecular flexibility index (Phi) is 3.93. The topological polar surface area (TPSA) is 12.0 Å². The summed E-state index contributed by atoms with van der Waals surface area (Å²) in [4.78, 5) is 0. The van der Waals surface area contributed by atoms with E-state index in [0.717, 1.165) is 24.4 Å². The van der Waals surface area contributed by atoms with Crippen molar-refractivity contribution in [2.75, 3.05) is 0 Å². The summed E-state index contributed by atoms with van der Waals surface area (Å²) in [6, 6.07) is 7.85. The Balaban J connectivity index is 1.58. The van der Waals surface area contributed by atoms with Crippen LogP contribution in [0, 0.1) is 11.8 Å². The van der Waals surface area contributed by atoms with E-state index in [1.807, 2.05) is 0 Å². The van der Waals surface area contributed by atoms with E-state index in [0.29, 0.717) is 0 Å². The molecule has 2 aliphatic carbocycles. The van der Waals surface area contributed by atoms with Crippen LogP contribution in [-0.2, 0) is 19.4 Å². The summed E-state index contributed by atoms with van der Waals surface area (Å²) in [6.07, 6.45) is 8.06. The van der Waals surface area contributed by atoms with Crippen LogP contribution in [0.25, 0.3) is 0 Å². The quantitative estimate of drug-likeness (QED) is 0.856. The zero-order valence-corrected chi connectivity index (χ0v) is 12.4. The van der Waals surface area contributed by atoms with E-state index < -0.39 is 0 Å². The smallest absolute Gasteiger partial charge is 0.0208 e. The predicted molar refractivity (Wildman–Crippen MR) is 81.3 cm³/mol. The maximum Gasteiger partial charge on any atom is 0.0208 e. The Morgan fingerprint density at radius 1 is 1.16 bits per heavy atom. The van der Waals surface area contributed by atoms with Gasteiger partial charge >= 0.3 is 0 Å². The van der Waals surface area contributed by atoms with Crippen LogP contribution >= 0.6 is 0 Å². The average molecular weight is 257 g/mol. The van der Waals surface area contributed by atoms with Gasteiger partial charge in [0.25, 0.3) is 0 Å². The average Bonchev–Trinajstić information content (AvgIpc) is 3.02. The second-order valence-electron chi connectivity index (χ2n) is 6.55. The molecule has 19 heavy (non-hydrogen) atoms.